The molecule has 0 radical (unpaired) electrons. The predicted molar refractivity (Wildman–Crippen MR) is 88.8 cm³/mol. The van der Waals surface area contributed by atoms with Crippen molar-refractivity contribution in [2.24, 2.45) is 0 Å². The molecule has 1 aromatic carbocycles. The molecule has 0 aliphatic heterocycles. The summed E-state index contributed by atoms with van der Waals surface area (Å²) < 4.78 is 5.80. The number of hydrogen-bond acceptors (Lipinski definition) is 1. The second kappa shape index (κ2) is 7.52. The molecule has 1 rings (SSSR count). The Morgan fingerprint density at radius 3 is 2.40 bits per heavy atom. The third-order valence-corrected chi connectivity index (χ3v) is 3.73. The summed E-state index contributed by atoms with van der Waals surface area (Å²) in [5, 5.41) is 0. The highest BCUT2D eigenvalue weighted by molar-refractivity contribution is 5.42. The van der Waals surface area contributed by atoms with Crippen LogP contribution in [0.15, 0.2) is 30.4 Å². The lowest BCUT2D eigenvalue weighted by Gasteiger charge is -2.25. The molecule has 0 fully saturated rings. The van der Waals surface area contributed by atoms with Gasteiger partial charge in [0.25, 0.3) is 0 Å². The van der Waals surface area contributed by atoms with E-state index in [4.69, 9.17) is 4.74 Å². The molecule has 1 unspecified atom stereocenters. The normalized spacial score (nSPS) is 13.7. The smallest absolute Gasteiger partial charge is 0.123 e. The fourth-order valence-corrected chi connectivity index (χ4v) is 2.51. The summed E-state index contributed by atoms with van der Waals surface area (Å²) in [7, 11) is 0. The maximum absolute atomic E-state index is 5.80. The fraction of sp³-hybridized carbons (Fsp3) is 0.579. The van der Waals surface area contributed by atoms with E-state index in [0.717, 1.165) is 18.8 Å². The minimum Gasteiger partial charge on any atom is -0.494 e. The first kappa shape index (κ1) is 16.8. The van der Waals surface area contributed by atoms with Crippen LogP contribution in [0.4, 0.5) is 0 Å². The topological polar surface area (TPSA) is 9.23 Å². The van der Waals surface area contributed by atoms with Gasteiger partial charge in [0.15, 0.2) is 0 Å². The zero-order valence-corrected chi connectivity index (χ0v) is 14.0. The molecular weight excluding hydrogens is 244 g/mol. The predicted octanol–water partition coefficient (Wildman–Crippen LogP) is 5.84. The molecule has 0 spiro atoms. The van der Waals surface area contributed by atoms with E-state index in [2.05, 4.69) is 65.0 Å². The summed E-state index contributed by atoms with van der Waals surface area (Å²) in [5.74, 6) is 1.63. The average Bonchev–Trinajstić information content (AvgIpc) is 2.40. The van der Waals surface area contributed by atoms with E-state index < -0.39 is 0 Å². The Hall–Kier alpha value is -1.24. The van der Waals surface area contributed by atoms with E-state index in [1.165, 1.54) is 17.5 Å². The zero-order valence-electron chi connectivity index (χ0n) is 14.0. The summed E-state index contributed by atoms with van der Waals surface area (Å²) in [4.78, 5) is 0. The van der Waals surface area contributed by atoms with Gasteiger partial charge in [-0.15, -0.1) is 0 Å². The Bertz CT molecular complexity index is 438. The van der Waals surface area contributed by atoms with Crippen LogP contribution in [0.1, 0.15) is 71.4 Å². The van der Waals surface area contributed by atoms with Gasteiger partial charge >= 0.3 is 0 Å². The van der Waals surface area contributed by atoms with Gasteiger partial charge in [0, 0.05) is 0 Å². The van der Waals surface area contributed by atoms with Crippen molar-refractivity contribution >= 4 is 0 Å². The lowest BCUT2D eigenvalue weighted by atomic mass is 9.82. The molecule has 112 valence electrons. The maximum Gasteiger partial charge on any atom is 0.123 e. The van der Waals surface area contributed by atoms with Crippen molar-refractivity contribution < 1.29 is 4.74 Å². The molecule has 0 aliphatic rings. The SMILES string of the molecule is C/C=C\CC(CC)c1ccc(OCC)c(C(C)(C)C)c1. The van der Waals surface area contributed by atoms with Crippen LogP contribution in [-0.4, -0.2) is 6.61 Å². The van der Waals surface area contributed by atoms with Crippen molar-refractivity contribution in [2.45, 2.75) is 65.7 Å². The molecule has 0 amide bonds. The molecule has 0 N–H and O–H groups in total. The highest BCUT2D eigenvalue weighted by atomic mass is 16.5. The van der Waals surface area contributed by atoms with Crippen LogP contribution in [0.3, 0.4) is 0 Å². The van der Waals surface area contributed by atoms with Crippen molar-refractivity contribution in [3.05, 3.63) is 41.5 Å². The van der Waals surface area contributed by atoms with Gasteiger partial charge in [0.2, 0.25) is 0 Å². The van der Waals surface area contributed by atoms with E-state index in [1.807, 2.05) is 6.92 Å². The Balaban J connectivity index is 3.16. The first-order valence-corrected chi connectivity index (χ1v) is 7.82. The summed E-state index contributed by atoms with van der Waals surface area (Å²) >= 11 is 0. The van der Waals surface area contributed by atoms with E-state index >= 15 is 0 Å². The summed E-state index contributed by atoms with van der Waals surface area (Å²) in [6.45, 7) is 13.9. The van der Waals surface area contributed by atoms with Crippen molar-refractivity contribution in [3.63, 3.8) is 0 Å². The summed E-state index contributed by atoms with van der Waals surface area (Å²) in [5.41, 5.74) is 2.86. The van der Waals surface area contributed by atoms with Crippen LogP contribution in [0.2, 0.25) is 0 Å². The fourth-order valence-electron chi connectivity index (χ4n) is 2.51. The first-order chi connectivity index (χ1) is 9.43. The number of rotatable bonds is 6. The van der Waals surface area contributed by atoms with Gasteiger partial charge in [-0.1, -0.05) is 52.0 Å². The van der Waals surface area contributed by atoms with Crippen molar-refractivity contribution in [1.29, 1.82) is 0 Å². The molecule has 0 saturated heterocycles. The molecule has 1 atom stereocenters. The van der Waals surface area contributed by atoms with Crippen LogP contribution in [-0.2, 0) is 5.41 Å². The summed E-state index contributed by atoms with van der Waals surface area (Å²) in [6.07, 6.45) is 6.69. The number of hydrogen-bond donors (Lipinski definition) is 0. The van der Waals surface area contributed by atoms with Crippen molar-refractivity contribution in [3.8, 4) is 5.75 Å². The first-order valence-electron chi connectivity index (χ1n) is 7.82. The van der Waals surface area contributed by atoms with Gasteiger partial charge in [-0.2, -0.15) is 0 Å². The Morgan fingerprint density at radius 2 is 1.90 bits per heavy atom. The van der Waals surface area contributed by atoms with Gasteiger partial charge in [-0.05, 0) is 55.2 Å². The van der Waals surface area contributed by atoms with Crippen LogP contribution in [0.25, 0.3) is 0 Å². The standard InChI is InChI=1S/C19H30O/c1-7-10-11-15(8-2)16-12-13-18(20-9-3)17(14-16)19(4,5)6/h7,10,12-15H,8-9,11H2,1-6H3/b10-7-. The number of ether oxygens (including phenoxy) is 1. The minimum atomic E-state index is 0.111. The molecule has 0 saturated carbocycles. The van der Waals surface area contributed by atoms with Gasteiger partial charge in [-0.25, -0.2) is 0 Å². The Morgan fingerprint density at radius 1 is 1.20 bits per heavy atom. The highest BCUT2D eigenvalue weighted by Gasteiger charge is 2.21. The van der Waals surface area contributed by atoms with E-state index in [0.29, 0.717) is 5.92 Å². The molecule has 20 heavy (non-hydrogen) atoms. The van der Waals surface area contributed by atoms with Gasteiger partial charge in [0.1, 0.15) is 5.75 Å². The second-order valence-electron chi connectivity index (χ2n) is 6.35. The van der Waals surface area contributed by atoms with Gasteiger partial charge in [-0.3, -0.25) is 0 Å². The molecule has 0 heterocycles. The Kier molecular flexibility index (Phi) is 6.32. The highest BCUT2D eigenvalue weighted by Crippen LogP contribution is 2.35. The quantitative estimate of drug-likeness (QED) is 0.592. The van der Waals surface area contributed by atoms with E-state index in [1.54, 1.807) is 0 Å². The van der Waals surface area contributed by atoms with Gasteiger partial charge < -0.3 is 4.74 Å². The Labute approximate surface area is 125 Å². The third-order valence-electron chi connectivity index (χ3n) is 3.73. The molecule has 0 aliphatic carbocycles. The molecule has 1 aromatic rings. The minimum absolute atomic E-state index is 0.111. The summed E-state index contributed by atoms with van der Waals surface area (Å²) in [6, 6.07) is 6.73. The molecule has 0 bridgehead atoms. The van der Waals surface area contributed by atoms with Crippen LogP contribution < -0.4 is 4.74 Å². The largest absolute Gasteiger partial charge is 0.494 e. The monoisotopic (exact) mass is 274 g/mol. The zero-order chi connectivity index (χ0) is 15.2. The molecule has 1 heteroatoms. The van der Waals surface area contributed by atoms with Crippen LogP contribution in [0, 0.1) is 0 Å². The van der Waals surface area contributed by atoms with Crippen LogP contribution in [0.5, 0.6) is 5.75 Å². The lowest BCUT2D eigenvalue weighted by molar-refractivity contribution is 0.329. The van der Waals surface area contributed by atoms with Crippen molar-refractivity contribution in [2.75, 3.05) is 6.61 Å². The van der Waals surface area contributed by atoms with Crippen molar-refractivity contribution in [1.82, 2.24) is 0 Å². The molecular formula is C19H30O. The van der Waals surface area contributed by atoms with Gasteiger partial charge in [0.05, 0.1) is 6.61 Å². The van der Waals surface area contributed by atoms with E-state index in [9.17, 15) is 0 Å². The number of allylic oxidation sites excluding steroid dienone is 2. The average molecular weight is 274 g/mol. The lowest BCUT2D eigenvalue weighted by Crippen LogP contribution is -2.14. The molecule has 1 nitrogen and oxygen atoms in total. The van der Waals surface area contributed by atoms with Crippen LogP contribution >= 0.6 is 0 Å². The third kappa shape index (κ3) is 4.40. The molecule has 0 aromatic heterocycles. The number of benzene rings is 1. The second-order valence-corrected chi connectivity index (χ2v) is 6.35. The van der Waals surface area contributed by atoms with E-state index in [-0.39, 0.29) is 5.41 Å². The maximum atomic E-state index is 5.80.